The minimum atomic E-state index is -3.21. The Labute approximate surface area is 115 Å². The zero-order valence-electron chi connectivity index (χ0n) is 11.6. The Morgan fingerprint density at radius 1 is 1.26 bits per heavy atom. The third-order valence-electron chi connectivity index (χ3n) is 3.28. The van der Waals surface area contributed by atoms with Crippen molar-refractivity contribution in [1.82, 2.24) is 5.32 Å². The van der Waals surface area contributed by atoms with Gasteiger partial charge in [0.2, 0.25) is 10.0 Å². The van der Waals surface area contributed by atoms with Crippen molar-refractivity contribution in [3.05, 3.63) is 24.3 Å². The fourth-order valence-corrected chi connectivity index (χ4v) is 2.95. The Bertz CT molecular complexity index is 538. The van der Waals surface area contributed by atoms with Gasteiger partial charge in [0.05, 0.1) is 6.26 Å². The van der Waals surface area contributed by atoms with Crippen molar-refractivity contribution < 1.29 is 8.42 Å². The lowest BCUT2D eigenvalue weighted by Crippen LogP contribution is -2.58. The zero-order chi connectivity index (χ0) is 14.1. The summed E-state index contributed by atoms with van der Waals surface area (Å²) in [5.41, 5.74) is 1.77. The van der Waals surface area contributed by atoms with Crippen LogP contribution in [-0.4, -0.2) is 39.8 Å². The molecule has 0 spiro atoms. The molecule has 0 aromatic heterocycles. The summed E-state index contributed by atoms with van der Waals surface area (Å²) in [5, 5.41) is 3.38. The molecule has 1 fully saturated rings. The number of nitrogens with zero attached hydrogens (tertiary/aromatic N) is 1. The number of benzene rings is 1. The predicted molar refractivity (Wildman–Crippen MR) is 79.2 cm³/mol. The van der Waals surface area contributed by atoms with Crippen molar-refractivity contribution in [3.63, 3.8) is 0 Å². The Hall–Kier alpha value is -1.27. The van der Waals surface area contributed by atoms with E-state index in [1.807, 2.05) is 12.1 Å². The van der Waals surface area contributed by atoms with Gasteiger partial charge in [0, 0.05) is 36.5 Å². The molecule has 6 heteroatoms. The van der Waals surface area contributed by atoms with Gasteiger partial charge in [0.15, 0.2) is 0 Å². The fourth-order valence-electron chi connectivity index (χ4n) is 2.39. The molecule has 1 saturated heterocycles. The summed E-state index contributed by atoms with van der Waals surface area (Å²) in [6.45, 7) is 7.25. The van der Waals surface area contributed by atoms with Gasteiger partial charge in [-0.15, -0.1) is 0 Å². The topological polar surface area (TPSA) is 61.4 Å². The Balaban J connectivity index is 2.18. The van der Waals surface area contributed by atoms with Gasteiger partial charge in [-0.3, -0.25) is 4.72 Å². The van der Waals surface area contributed by atoms with Crippen LogP contribution < -0.4 is 14.9 Å². The van der Waals surface area contributed by atoms with Gasteiger partial charge in [-0.25, -0.2) is 8.42 Å². The van der Waals surface area contributed by atoms with Gasteiger partial charge in [-0.1, -0.05) is 0 Å². The summed E-state index contributed by atoms with van der Waals surface area (Å²) in [7, 11) is -3.21. The number of hydrogen-bond donors (Lipinski definition) is 2. The van der Waals surface area contributed by atoms with Crippen molar-refractivity contribution in [2.24, 2.45) is 0 Å². The molecule has 5 nitrogen and oxygen atoms in total. The first kappa shape index (κ1) is 14.1. The Morgan fingerprint density at radius 2 is 1.89 bits per heavy atom. The third-order valence-corrected chi connectivity index (χ3v) is 3.89. The van der Waals surface area contributed by atoms with Crippen LogP contribution in [0.3, 0.4) is 0 Å². The highest BCUT2D eigenvalue weighted by molar-refractivity contribution is 7.92. The molecule has 1 aromatic rings. The van der Waals surface area contributed by atoms with Crippen LogP contribution >= 0.6 is 0 Å². The number of rotatable bonds is 3. The summed E-state index contributed by atoms with van der Waals surface area (Å²) >= 11 is 0. The maximum atomic E-state index is 11.2. The summed E-state index contributed by atoms with van der Waals surface area (Å²) in [6.07, 6.45) is 1.15. The van der Waals surface area contributed by atoms with E-state index >= 15 is 0 Å². The highest BCUT2D eigenvalue weighted by Gasteiger charge is 2.29. The van der Waals surface area contributed by atoms with Gasteiger partial charge in [-0.05, 0) is 38.1 Å². The van der Waals surface area contributed by atoms with Crippen molar-refractivity contribution in [2.45, 2.75) is 19.4 Å². The van der Waals surface area contributed by atoms with Crippen LogP contribution in [0.2, 0.25) is 0 Å². The molecule has 0 radical (unpaired) electrons. The van der Waals surface area contributed by atoms with Gasteiger partial charge in [0.25, 0.3) is 0 Å². The first-order valence-corrected chi connectivity index (χ1v) is 8.23. The number of piperazine rings is 1. The molecule has 106 valence electrons. The maximum Gasteiger partial charge on any atom is 0.229 e. The second-order valence-corrected chi connectivity index (χ2v) is 7.31. The van der Waals surface area contributed by atoms with E-state index in [4.69, 9.17) is 0 Å². The molecule has 19 heavy (non-hydrogen) atoms. The smallest absolute Gasteiger partial charge is 0.229 e. The fraction of sp³-hybridized carbons (Fsp3) is 0.538. The molecular weight excluding hydrogens is 262 g/mol. The lowest BCUT2D eigenvalue weighted by molar-refractivity contribution is 0.380. The average molecular weight is 283 g/mol. The summed E-state index contributed by atoms with van der Waals surface area (Å²) in [4.78, 5) is 2.34. The standard InChI is InChI=1S/C13H21N3O2S/c1-13(2)10-14-8-9-16(13)12-6-4-11(5-7-12)15-19(3,17)18/h4-7,14-15H,8-10H2,1-3H3. The molecule has 1 heterocycles. The molecular formula is C13H21N3O2S. The normalized spacial score (nSPS) is 19.2. The minimum absolute atomic E-state index is 0.0596. The summed E-state index contributed by atoms with van der Waals surface area (Å²) < 4.78 is 24.8. The zero-order valence-corrected chi connectivity index (χ0v) is 12.4. The summed E-state index contributed by atoms with van der Waals surface area (Å²) in [5.74, 6) is 0. The Morgan fingerprint density at radius 3 is 2.42 bits per heavy atom. The second-order valence-electron chi connectivity index (χ2n) is 5.56. The SMILES string of the molecule is CC1(C)CNCCN1c1ccc(NS(C)(=O)=O)cc1. The van der Waals surface area contributed by atoms with Crippen LogP contribution in [0.4, 0.5) is 11.4 Å². The van der Waals surface area contributed by atoms with Crippen LogP contribution in [0.1, 0.15) is 13.8 Å². The highest BCUT2D eigenvalue weighted by Crippen LogP contribution is 2.26. The minimum Gasteiger partial charge on any atom is -0.364 e. The van der Waals surface area contributed by atoms with Crippen molar-refractivity contribution in [1.29, 1.82) is 0 Å². The van der Waals surface area contributed by atoms with Gasteiger partial charge < -0.3 is 10.2 Å². The number of anilines is 2. The molecule has 1 aromatic carbocycles. The number of nitrogens with one attached hydrogen (secondary N) is 2. The van der Waals surface area contributed by atoms with Crippen LogP contribution in [0.15, 0.2) is 24.3 Å². The molecule has 2 N–H and O–H groups in total. The van der Waals surface area contributed by atoms with E-state index in [-0.39, 0.29) is 5.54 Å². The van der Waals surface area contributed by atoms with Crippen molar-refractivity contribution in [3.8, 4) is 0 Å². The van der Waals surface area contributed by atoms with Crippen LogP contribution in [0.5, 0.6) is 0 Å². The number of sulfonamides is 1. The van der Waals surface area contributed by atoms with E-state index in [1.54, 1.807) is 12.1 Å². The molecule has 0 aliphatic carbocycles. The summed E-state index contributed by atoms with van der Waals surface area (Å²) in [6, 6.07) is 7.52. The highest BCUT2D eigenvalue weighted by atomic mass is 32.2. The molecule has 0 unspecified atom stereocenters. The predicted octanol–water partition coefficient (Wildman–Crippen LogP) is 1.25. The van der Waals surface area contributed by atoms with Crippen molar-refractivity contribution >= 4 is 21.4 Å². The molecule has 0 bridgehead atoms. The first-order chi connectivity index (χ1) is 8.78. The average Bonchev–Trinajstić information content (AvgIpc) is 2.28. The molecule has 2 rings (SSSR count). The van der Waals surface area contributed by atoms with Crippen molar-refractivity contribution in [2.75, 3.05) is 35.5 Å². The first-order valence-electron chi connectivity index (χ1n) is 6.34. The van der Waals surface area contributed by atoms with E-state index in [0.29, 0.717) is 5.69 Å². The van der Waals surface area contributed by atoms with E-state index in [0.717, 1.165) is 31.6 Å². The molecule has 0 atom stereocenters. The second kappa shape index (κ2) is 5.02. The lowest BCUT2D eigenvalue weighted by Gasteiger charge is -2.44. The monoisotopic (exact) mass is 283 g/mol. The van der Waals surface area contributed by atoms with Gasteiger partial charge in [0.1, 0.15) is 0 Å². The van der Waals surface area contributed by atoms with Crippen LogP contribution in [0, 0.1) is 0 Å². The van der Waals surface area contributed by atoms with Gasteiger partial charge in [-0.2, -0.15) is 0 Å². The molecule has 1 aliphatic rings. The number of hydrogen-bond acceptors (Lipinski definition) is 4. The van der Waals surface area contributed by atoms with E-state index in [2.05, 4.69) is 28.8 Å². The molecule has 1 aliphatic heterocycles. The van der Waals surface area contributed by atoms with Crippen LogP contribution in [-0.2, 0) is 10.0 Å². The van der Waals surface area contributed by atoms with E-state index in [1.165, 1.54) is 0 Å². The van der Waals surface area contributed by atoms with E-state index < -0.39 is 10.0 Å². The van der Waals surface area contributed by atoms with Crippen LogP contribution in [0.25, 0.3) is 0 Å². The van der Waals surface area contributed by atoms with E-state index in [9.17, 15) is 8.42 Å². The maximum absolute atomic E-state index is 11.2. The Kier molecular flexibility index (Phi) is 3.73. The quantitative estimate of drug-likeness (QED) is 0.876. The largest absolute Gasteiger partial charge is 0.364 e. The third kappa shape index (κ3) is 3.61. The lowest BCUT2D eigenvalue weighted by atomic mass is 9.99. The molecule has 0 saturated carbocycles. The molecule has 0 amide bonds. The van der Waals surface area contributed by atoms with Gasteiger partial charge >= 0.3 is 0 Å².